The van der Waals surface area contributed by atoms with E-state index in [1.54, 1.807) is 47.5 Å². The Labute approximate surface area is 176 Å². The molecule has 1 aromatic heterocycles. The number of halogens is 1. The topological polar surface area (TPSA) is 70.0 Å². The summed E-state index contributed by atoms with van der Waals surface area (Å²) >= 11 is -1.10. The highest BCUT2D eigenvalue weighted by molar-refractivity contribution is 7.90. The molecule has 30 heavy (non-hydrogen) atoms. The van der Waals surface area contributed by atoms with Crippen molar-refractivity contribution >= 4 is 22.8 Å². The van der Waals surface area contributed by atoms with E-state index in [0.717, 1.165) is 5.69 Å². The Bertz CT molecular complexity index is 1170. The van der Waals surface area contributed by atoms with E-state index in [4.69, 9.17) is 0 Å². The fraction of sp³-hybridized carbons (Fsp3) is 0.0435. The number of hydrogen-bond donors (Lipinski definition) is 1. The van der Waals surface area contributed by atoms with Crippen molar-refractivity contribution in [1.82, 2.24) is 9.78 Å². The number of nitrogens with zero attached hydrogens (tertiary/aromatic N) is 2. The first kappa shape index (κ1) is 19.9. The van der Waals surface area contributed by atoms with Crippen molar-refractivity contribution in [1.29, 1.82) is 0 Å². The lowest BCUT2D eigenvalue weighted by atomic mass is 10.1. The van der Waals surface area contributed by atoms with E-state index in [9.17, 15) is 13.7 Å². The number of hydrogen-bond acceptors (Lipinski definition) is 3. The van der Waals surface area contributed by atoms with Gasteiger partial charge in [-0.25, -0.2) is 9.07 Å². The molecule has 0 spiro atoms. The van der Waals surface area contributed by atoms with E-state index < -0.39 is 22.9 Å². The zero-order valence-electron chi connectivity index (χ0n) is 16.1. The first-order valence-electron chi connectivity index (χ1n) is 9.17. The van der Waals surface area contributed by atoms with E-state index in [0.29, 0.717) is 27.4 Å². The third-order valence-electron chi connectivity index (χ3n) is 4.52. The minimum absolute atomic E-state index is 0.341. The third kappa shape index (κ3) is 4.27. The van der Waals surface area contributed by atoms with Crippen LogP contribution in [0.5, 0.6) is 0 Å². The van der Waals surface area contributed by atoms with Gasteiger partial charge in [-0.15, -0.1) is 0 Å². The van der Waals surface area contributed by atoms with Crippen LogP contribution in [-0.2, 0) is 11.2 Å². The second-order valence-corrected chi connectivity index (χ2v) is 7.99. The van der Waals surface area contributed by atoms with Gasteiger partial charge in [-0.05, 0) is 65.8 Å². The lowest BCUT2D eigenvalue weighted by molar-refractivity contribution is 0.102. The molecule has 0 fully saturated rings. The Morgan fingerprint density at radius 3 is 2.43 bits per heavy atom. The molecule has 1 amide bonds. The summed E-state index contributed by atoms with van der Waals surface area (Å²) in [7, 11) is 0. The normalized spacial score (nSPS) is 11.8. The molecule has 0 saturated heterocycles. The van der Waals surface area contributed by atoms with Crippen LogP contribution in [0, 0.1) is 5.82 Å². The number of para-hydroxylation sites is 1. The van der Waals surface area contributed by atoms with Gasteiger partial charge in [0.2, 0.25) is 0 Å². The zero-order valence-corrected chi connectivity index (χ0v) is 16.9. The van der Waals surface area contributed by atoms with Gasteiger partial charge in [0, 0.05) is 17.4 Å². The fourth-order valence-corrected chi connectivity index (χ4v) is 3.55. The van der Waals surface area contributed by atoms with Crippen LogP contribution in [0.3, 0.4) is 0 Å². The molecule has 4 aromatic rings. The average Bonchev–Trinajstić information content (AvgIpc) is 3.20. The summed E-state index contributed by atoms with van der Waals surface area (Å²) in [6, 6.07) is 22.2. The molecule has 4 rings (SSSR count). The highest BCUT2D eigenvalue weighted by Gasteiger charge is 2.19. The lowest BCUT2D eigenvalue weighted by Gasteiger charge is -2.07. The van der Waals surface area contributed by atoms with Gasteiger partial charge >= 0.3 is 0 Å². The summed E-state index contributed by atoms with van der Waals surface area (Å²) in [5, 5.41) is 7.33. The average molecular weight is 419 g/mol. The first-order valence-corrected chi connectivity index (χ1v) is 10.7. The van der Waals surface area contributed by atoms with Crippen LogP contribution in [0.4, 0.5) is 10.1 Å². The number of benzene rings is 3. The van der Waals surface area contributed by atoms with Crippen molar-refractivity contribution in [3.8, 4) is 16.9 Å². The smallest absolute Gasteiger partial charge is 0.259 e. The van der Waals surface area contributed by atoms with E-state index in [2.05, 4.69) is 10.4 Å². The maximum atomic E-state index is 13.5. The molecule has 3 aromatic carbocycles. The molecule has 5 nitrogen and oxygen atoms in total. The summed E-state index contributed by atoms with van der Waals surface area (Å²) in [5.41, 5.74) is 2.68. The maximum Gasteiger partial charge on any atom is 0.259 e. The molecular weight excluding hydrogens is 401 g/mol. The maximum absolute atomic E-state index is 13.5. The van der Waals surface area contributed by atoms with E-state index in [1.165, 1.54) is 18.2 Å². The van der Waals surface area contributed by atoms with Gasteiger partial charge in [-0.2, -0.15) is 5.10 Å². The standard InChI is InChI=1S/C23H18FN3O2S/c1-30(29)20-12-10-16(11-13-20)22-21(15-27(26-22)19-8-3-2-4-9-19)23(28)25-18-7-5-6-17(24)14-18/h2-15H,1H3,(H,25,28). The van der Waals surface area contributed by atoms with Gasteiger partial charge in [0.05, 0.1) is 11.3 Å². The minimum Gasteiger partial charge on any atom is -0.612 e. The van der Waals surface area contributed by atoms with Crippen molar-refractivity contribution in [2.45, 2.75) is 4.90 Å². The molecule has 1 N–H and O–H groups in total. The quantitative estimate of drug-likeness (QED) is 0.478. The Hall–Kier alpha value is -3.42. The monoisotopic (exact) mass is 419 g/mol. The van der Waals surface area contributed by atoms with E-state index in [-0.39, 0.29) is 0 Å². The number of carbonyl (C=O) groups is 1. The zero-order chi connectivity index (χ0) is 21.1. The van der Waals surface area contributed by atoms with Crippen LogP contribution in [0.1, 0.15) is 10.4 Å². The second kappa shape index (κ2) is 8.52. The van der Waals surface area contributed by atoms with Crippen molar-refractivity contribution in [3.05, 3.63) is 96.4 Å². The molecule has 0 aliphatic rings. The predicted octanol–water partition coefficient (Wildman–Crippen LogP) is 4.67. The molecule has 0 bridgehead atoms. The van der Waals surface area contributed by atoms with Crippen molar-refractivity contribution in [3.63, 3.8) is 0 Å². The van der Waals surface area contributed by atoms with Crippen molar-refractivity contribution < 1.29 is 13.7 Å². The minimum atomic E-state index is -1.10. The summed E-state index contributed by atoms with van der Waals surface area (Å²) in [5.74, 6) is -0.836. The van der Waals surface area contributed by atoms with Crippen LogP contribution in [-0.4, -0.2) is 26.5 Å². The number of amides is 1. The van der Waals surface area contributed by atoms with Crippen molar-refractivity contribution in [2.75, 3.05) is 11.6 Å². The Morgan fingerprint density at radius 2 is 1.77 bits per heavy atom. The summed E-state index contributed by atoms with van der Waals surface area (Å²) in [6.07, 6.45) is 3.25. The Balaban J connectivity index is 1.75. The Morgan fingerprint density at radius 1 is 1.03 bits per heavy atom. The molecule has 1 heterocycles. The second-order valence-electron chi connectivity index (χ2n) is 6.61. The summed E-state index contributed by atoms with van der Waals surface area (Å²) in [4.78, 5) is 13.7. The van der Waals surface area contributed by atoms with Gasteiger partial charge in [0.15, 0.2) is 4.90 Å². The van der Waals surface area contributed by atoms with Crippen LogP contribution in [0.25, 0.3) is 16.9 Å². The molecule has 0 radical (unpaired) electrons. The van der Waals surface area contributed by atoms with Crippen molar-refractivity contribution in [2.24, 2.45) is 0 Å². The van der Waals surface area contributed by atoms with Crippen LogP contribution < -0.4 is 5.32 Å². The number of nitrogens with one attached hydrogen (secondary N) is 1. The van der Waals surface area contributed by atoms with Gasteiger partial charge in [0.25, 0.3) is 5.91 Å². The number of rotatable bonds is 5. The molecular formula is C23H18FN3O2S. The third-order valence-corrected chi connectivity index (χ3v) is 5.46. The number of carbonyl (C=O) groups excluding carboxylic acids is 1. The molecule has 7 heteroatoms. The van der Waals surface area contributed by atoms with Crippen LogP contribution >= 0.6 is 0 Å². The van der Waals surface area contributed by atoms with Crippen LogP contribution in [0.15, 0.2) is 90.0 Å². The molecule has 150 valence electrons. The summed E-state index contributed by atoms with van der Waals surface area (Å²) < 4.78 is 26.8. The summed E-state index contributed by atoms with van der Waals surface area (Å²) in [6.45, 7) is 0. The van der Waals surface area contributed by atoms with E-state index in [1.807, 2.05) is 30.3 Å². The largest absolute Gasteiger partial charge is 0.612 e. The molecule has 0 saturated carbocycles. The van der Waals surface area contributed by atoms with E-state index >= 15 is 0 Å². The number of anilines is 1. The van der Waals surface area contributed by atoms with Gasteiger partial charge in [0.1, 0.15) is 17.8 Å². The lowest BCUT2D eigenvalue weighted by Crippen LogP contribution is -2.12. The SMILES string of the molecule is C[S+]([O-])c1ccc(-c2nn(-c3ccccc3)cc2C(=O)Nc2cccc(F)c2)cc1. The van der Waals surface area contributed by atoms with Gasteiger partial charge in [-0.1, -0.05) is 24.3 Å². The van der Waals surface area contributed by atoms with Gasteiger partial charge < -0.3 is 9.87 Å². The molecule has 0 aliphatic carbocycles. The molecule has 1 unspecified atom stereocenters. The number of aromatic nitrogens is 2. The van der Waals surface area contributed by atoms with Gasteiger partial charge in [-0.3, -0.25) is 4.79 Å². The predicted molar refractivity (Wildman–Crippen MR) is 116 cm³/mol. The molecule has 1 atom stereocenters. The fourth-order valence-electron chi connectivity index (χ4n) is 3.04. The Kier molecular flexibility index (Phi) is 5.65. The highest BCUT2D eigenvalue weighted by atomic mass is 32.2. The van der Waals surface area contributed by atoms with Crippen LogP contribution in [0.2, 0.25) is 0 Å². The molecule has 0 aliphatic heterocycles. The first-order chi connectivity index (χ1) is 14.5. The highest BCUT2D eigenvalue weighted by Crippen LogP contribution is 2.26.